The first kappa shape index (κ1) is 46.8. The van der Waals surface area contributed by atoms with E-state index >= 15 is 0 Å². The third-order valence-corrected chi connectivity index (χ3v) is 11.9. The largest absolute Gasteiger partial charge is 0.497 e. The van der Waals surface area contributed by atoms with Gasteiger partial charge in [0.05, 0.1) is 51.3 Å². The number of fused-ring (bicyclic) bond motifs is 4. The Bertz CT molecular complexity index is 1670. The minimum atomic E-state index is -1.59. The fourth-order valence-corrected chi connectivity index (χ4v) is 7.91. The molecule has 3 aliphatic heterocycles. The van der Waals surface area contributed by atoms with Gasteiger partial charge in [0.15, 0.2) is 11.6 Å². The summed E-state index contributed by atoms with van der Waals surface area (Å²) in [6.45, 7) is 11.2. The van der Waals surface area contributed by atoms with E-state index in [0.717, 1.165) is 11.1 Å². The summed E-state index contributed by atoms with van der Waals surface area (Å²) in [5.41, 5.74) is 9.28. The van der Waals surface area contributed by atoms with Crippen LogP contribution in [0.5, 0.6) is 5.75 Å². The van der Waals surface area contributed by atoms with Crippen molar-refractivity contribution < 1.29 is 57.4 Å². The van der Waals surface area contributed by atoms with Crippen molar-refractivity contribution in [3.63, 3.8) is 0 Å². The number of aliphatic hydroxyl groups is 1. The van der Waals surface area contributed by atoms with E-state index in [4.69, 9.17) is 38.9 Å². The molecule has 2 saturated heterocycles. The van der Waals surface area contributed by atoms with Gasteiger partial charge in [-0.05, 0) is 64.2 Å². The molecule has 3 heterocycles. The van der Waals surface area contributed by atoms with E-state index in [9.17, 15) is 24.3 Å². The molecule has 0 aliphatic carbocycles. The summed E-state index contributed by atoms with van der Waals surface area (Å²) in [6.07, 6.45) is 2.65. The number of benzene rings is 1. The van der Waals surface area contributed by atoms with Gasteiger partial charge in [-0.1, -0.05) is 50.1 Å². The van der Waals surface area contributed by atoms with E-state index in [1.54, 1.807) is 27.9 Å². The number of ether oxygens (including phenoxy) is 7. The lowest BCUT2D eigenvalue weighted by Crippen LogP contribution is -2.55. The summed E-state index contributed by atoms with van der Waals surface area (Å²) < 4.78 is 42.6. The molecule has 11 atom stereocenters. The molecule has 4 bridgehead atoms. The summed E-state index contributed by atoms with van der Waals surface area (Å²) in [7, 11) is 4.33. The molecule has 0 radical (unpaired) electrons. The van der Waals surface area contributed by atoms with Gasteiger partial charge in [0.2, 0.25) is 0 Å². The second kappa shape index (κ2) is 21.4. The Morgan fingerprint density at radius 3 is 2.31 bits per heavy atom. The zero-order valence-electron chi connectivity index (χ0n) is 35.7. The highest BCUT2D eigenvalue weighted by Gasteiger charge is 2.51. The van der Waals surface area contributed by atoms with Crippen molar-refractivity contribution in [2.75, 3.05) is 21.3 Å². The molecule has 0 aromatic heterocycles. The number of methoxy groups -OCH3 is 3. The number of nitrogens with two attached hydrogens (primary N) is 1. The number of Topliss-reactive ketones (excluding diaryl/α,β-unsaturated/α-hetero) is 1. The van der Waals surface area contributed by atoms with Gasteiger partial charge in [-0.3, -0.25) is 14.4 Å². The van der Waals surface area contributed by atoms with Gasteiger partial charge in [0.25, 0.3) is 0 Å². The molecular weight excluding hydrogens is 746 g/mol. The highest BCUT2D eigenvalue weighted by atomic mass is 16.7. The number of rotatable bonds is 7. The number of aliphatic hydroxyl groups excluding tert-OH is 1. The van der Waals surface area contributed by atoms with Gasteiger partial charge in [-0.25, -0.2) is 4.79 Å². The maximum atomic E-state index is 14.3. The molecule has 322 valence electrons. The summed E-state index contributed by atoms with van der Waals surface area (Å²) >= 11 is 0. The number of carbonyl (C=O) groups is 4. The van der Waals surface area contributed by atoms with Crippen LogP contribution in [0, 0.1) is 23.7 Å². The quantitative estimate of drug-likeness (QED) is 0.184. The number of hydrogen-bond donors (Lipinski definition) is 2. The van der Waals surface area contributed by atoms with Gasteiger partial charge in [0.1, 0.15) is 23.6 Å². The highest BCUT2D eigenvalue weighted by molar-refractivity contribution is 5.92. The predicted octanol–water partition coefficient (Wildman–Crippen LogP) is 6.09. The molecule has 4 rings (SSSR count). The minimum Gasteiger partial charge on any atom is -0.497 e. The number of allylic oxidation sites excluding steroid dienone is 2. The zero-order valence-corrected chi connectivity index (χ0v) is 35.7. The standard InChI is InChI=1S/C45H65NO12/c1-26(2)18-35-23-41-29(5)40(56-35)22-33(46)21-38(49)27(3)10-15-36(47)28(4)37(48)16-17-39(55-25-31-11-13-34(52-7)14-12-31)42-19-32(20-43(50)53-8)24-45(54-9,58-42)30(6)44(51)57-41/h11-14,18,20-21,27-30,35,37,39-42,48H,10,15-17,19,22-25,46H2,1-9H3/b32-20+,33-21-/t27-,28+,29-,30-,35-,37-,39-,40+,41+,42-,45+/m1/s1. The fraction of sp³-hybridized carbons (Fsp3) is 0.644. The zero-order chi connectivity index (χ0) is 42.7. The maximum absolute atomic E-state index is 14.3. The lowest BCUT2D eigenvalue weighted by Gasteiger charge is -2.46. The smallest absolute Gasteiger partial charge is 0.330 e. The summed E-state index contributed by atoms with van der Waals surface area (Å²) in [5, 5.41) is 11.4. The van der Waals surface area contributed by atoms with E-state index < -0.39 is 66.0 Å². The van der Waals surface area contributed by atoms with Crippen LogP contribution in [-0.4, -0.2) is 92.4 Å². The van der Waals surface area contributed by atoms with E-state index in [1.165, 1.54) is 26.4 Å². The van der Waals surface area contributed by atoms with Crippen molar-refractivity contribution in [2.45, 2.75) is 142 Å². The molecule has 13 nitrogen and oxygen atoms in total. The van der Waals surface area contributed by atoms with E-state index in [1.807, 2.05) is 51.1 Å². The van der Waals surface area contributed by atoms with Crippen LogP contribution in [0.3, 0.4) is 0 Å². The third-order valence-electron chi connectivity index (χ3n) is 11.9. The predicted molar refractivity (Wildman–Crippen MR) is 216 cm³/mol. The molecule has 58 heavy (non-hydrogen) atoms. The second-order valence-electron chi connectivity index (χ2n) is 16.5. The minimum absolute atomic E-state index is 0.0604. The molecule has 0 unspecified atom stereocenters. The van der Waals surface area contributed by atoms with Crippen LogP contribution in [0.1, 0.15) is 98.5 Å². The Labute approximate surface area is 343 Å². The first-order chi connectivity index (χ1) is 27.5. The van der Waals surface area contributed by atoms with Crippen LogP contribution in [0.15, 0.2) is 59.3 Å². The highest BCUT2D eigenvalue weighted by Crippen LogP contribution is 2.42. The van der Waals surface area contributed by atoms with Gasteiger partial charge in [-0.2, -0.15) is 0 Å². The topological polar surface area (TPSA) is 179 Å². The first-order valence-electron chi connectivity index (χ1n) is 20.5. The average Bonchev–Trinajstić information content (AvgIpc) is 3.19. The van der Waals surface area contributed by atoms with Gasteiger partial charge < -0.3 is 44.0 Å². The second-order valence-corrected chi connectivity index (χ2v) is 16.5. The van der Waals surface area contributed by atoms with E-state index in [2.05, 4.69) is 0 Å². The van der Waals surface area contributed by atoms with E-state index in [-0.39, 0.29) is 68.7 Å². The Balaban J connectivity index is 1.76. The van der Waals surface area contributed by atoms with Crippen molar-refractivity contribution in [1.29, 1.82) is 0 Å². The monoisotopic (exact) mass is 811 g/mol. The Hall–Kier alpha value is -3.88. The summed E-state index contributed by atoms with van der Waals surface area (Å²) in [4.78, 5) is 53.7. The van der Waals surface area contributed by atoms with Crippen LogP contribution >= 0.6 is 0 Å². The van der Waals surface area contributed by atoms with Gasteiger partial charge in [-0.15, -0.1) is 0 Å². The first-order valence-corrected chi connectivity index (χ1v) is 20.5. The van der Waals surface area contributed by atoms with Crippen LogP contribution < -0.4 is 10.5 Å². The average molecular weight is 812 g/mol. The van der Waals surface area contributed by atoms with Crippen LogP contribution in [-0.2, 0) is 54.2 Å². The Morgan fingerprint density at radius 2 is 1.67 bits per heavy atom. The molecule has 2 fully saturated rings. The summed E-state index contributed by atoms with van der Waals surface area (Å²) in [5.74, 6) is -4.88. The molecule has 1 aromatic rings. The number of hydrogen-bond acceptors (Lipinski definition) is 13. The molecular formula is C45H65NO12. The van der Waals surface area contributed by atoms with E-state index in [0.29, 0.717) is 29.9 Å². The third kappa shape index (κ3) is 12.6. The molecule has 0 spiro atoms. The molecule has 1 aromatic carbocycles. The lowest BCUT2D eigenvalue weighted by atomic mass is 9.84. The number of esters is 2. The normalized spacial score (nSPS) is 35.0. The fourth-order valence-electron chi connectivity index (χ4n) is 7.91. The maximum Gasteiger partial charge on any atom is 0.330 e. The van der Waals surface area contributed by atoms with Gasteiger partial charge in [0, 0.05) is 68.4 Å². The van der Waals surface area contributed by atoms with Crippen molar-refractivity contribution >= 4 is 23.5 Å². The van der Waals surface area contributed by atoms with Crippen molar-refractivity contribution in [3.05, 3.63) is 64.9 Å². The van der Waals surface area contributed by atoms with Crippen LogP contribution in [0.2, 0.25) is 0 Å². The van der Waals surface area contributed by atoms with Crippen molar-refractivity contribution in [3.8, 4) is 5.75 Å². The van der Waals surface area contributed by atoms with Crippen LogP contribution in [0.4, 0.5) is 0 Å². The SMILES string of the molecule is COC(=O)/C=C1\C[C@H]2O[C@@](OC)(C1)[C@H](C)C(=O)O[C@H]1C[C@@H](C=C(C)C)O[C@@H](C/C(N)=C/C(=O)[C@H](C)CCC(=O)[C@H](C)[C@H](O)CC[C@H]2OCc2ccc(OC)cc2)[C@H]1C. The molecule has 0 saturated carbocycles. The Kier molecular flexibility index (Phi) is 17.3. The van der Waals surface area contributed by atoms with Crippen molar-refractivity contribution in [1.82, 2.24) is 0 Å². The molecule has 13 heteroatoms. The summed E-state index contributed by atoms with van der Waals surface area (Å²) in [6, 6.07) is 7.42. The molecule has 0 amide bonds. The lowest BCUT2D eigenvalue weighted by molar-refractivity contribution is -0.299. The number of ketones is 2. The van der Waals surface area contributed by atoms with Crippen molar-refractivity contribution in [2.24, 2.45) is 29.4 Å². The molecule has 3 N–H and O–H groups in total. The van der Waals surface area contributed by atoms with Gasteiger partial charge >= 0.3 is 11.9 Å². The Morgan fingerprint density at radius 1 is 0.966 bits per heavy atom. The molecule has 3 aliphatic rings. The number of carbonyl (C=O) groups excluding carboxylic acids is 4. The van der Waals surface area contributed by atoms with Crippen LogP contribution in [0.25, 0.3) is 0 Å².